The molecule has 2 heterocycles. The van der Waals surface area contributed by atoms with Gasteiger partial charge in [-0.05, 0) is 87.6 Å². The number of ether oxygens (including phenoxy) is 1. The summed E-state index contributed by atoms with van der Waals surface area (Å²) in [5.74, 6) is 0.978. The van der Waals surface area contributed by atoms with Gasteiger partial charge < -0.3 is 4.74 Å². The topological polar surface area (TPSA) is 9.23 Å². The molecule has 0 spiro atoms. The van der Waals surface area contributed by atoms with Gasteiger partial charge in [-0.2, -0.15) is 0 Å². The highest BCUT2D eigenvalue weighted by atomic mass is 32.1. The number of hydrogen-bond acceptors (Lipinski definition) is 3. The Balaban J connectivity index is 1.07. The van der Waals surface area contributed by atoms with Crippen LogP contribution < -0.4 is 4.74 Å². The zero-order valence-electron chi connectivity index (χ0n) is 23.9. The highest BCUT2D eigenvalue weighted by Crippen LogP contribution is 2.41. The van der Waals surface area contributed by atoms with Gasteiger partial charge in [0, 0.05) is 19.5 Å². The molecule has 6 aromatic rings. The molecule has 0 radical (unpaired) electrons. The predicted octanol–water partition coefficient (Wildman–Crippen LogP) is 12.6. The molecule has 3 heteroatoms. The molecule has 0 atom stereocenters. The van der Waals surface area contributed by atoms with Crippen molar-refractivity contribution < 1.29 is 4.74 Å². The average molecular weight is 575 g/mol. The Morgan fingerprint density at radius 1 is 0.463 bits per heavy atom. The minimum atomic E-state index is 0.807. The molecule has 0 unspecified atom stereocenters. The van der Waals surface area contributed by atoms with Crippen LogP contribution in [0.5, 0.6) is 5.75 Å². The summed E-state index contributed by atoms with van der Waals surface area (Å²) in [7, 11) is 0. The van der Waals surface area contributed by atoms with Crippen molar-refractivity contribution in [1.82, 2.24) is 0 Å². The first kappa shape index (κ1) is 27.8. The summed E-state index contributed by atoms with van der Waals surface area (Å²) in [5, 5.41) is 5.06. The van der Waals surface area contributed by atoms with Gasteiger partial charge in [0.05, 0.1) is 6.61 Å². The standard InChI is InChI=1S/C38H38OS2/c1-2-3-4-5-6-7-8-11-24-39-34-19-18-30-26-33(17-15-31(30)27-34)36-21-23-38(41-36)37-22-20-35(40-37)32-16-14-28-12-9-10-13-29(28)25-32/h9-10,12-23,25-27H,2-8,11,24H2,1H3. The number of benzene rings is 4. The smallest absolute Gasteiger partial charge is 0.119 e. The lowest BCUT2D eigenvalue weighted by molar-refractivity contribution is 0.304. The fourth-order valence-electron chi connectivity index (χ4n) is 5.49. The van der Waals surface area contributed by atoms with E-state index in [1.165, 1.54) is 97.1 Å². The first-order valence-electron chi connectivity index (χ1n) is 15.1. The first-order valence-corrected chi connectivity index (χ1v) is 16.8. The summed E-state index contributed by atoms with van der Waals surface area (Å²) >= 11 is 3.74. The van der Waals surface area contributed by atoms with Gasteiger partial charge in [0.1, 0.15) is 5.75 Å². The molecule has 0 amide bonds. The fraction of sp³-hybridized carbons (Fsp3) is 0.263. The Kier molecular flexibility index (Phi) is 9.14. The van der Waals surface area contributed by atoms with Crippen LogP contribution in [-0.4, -0.2) is 6.61 Å². The van der Waals surface area contributed by atoms with E-state index in [1.807, 2.05) is 22.7 Å². The SMILES string of the molecule is CCCCCCCCCCOc1ccc2cc(-c3ccc(-c4ccc(-c5ccc6ccccc6c5)s4)s3)ccc2c1. The third-order valence-corrected chi connectivity index (χ3v) is 10.3. The number of rotatable bonds is 13. The van der Waals surface area contributed by atoms with Crippen molar-refractivity contribution in [3.8, 4) is 36.4 Å². The predicted molar refractivity (Wildman–Crippen MR) is 182 cm³/mol. The Labute approximate surface area is 252 Å². The molecule has 0 aliphatic carbocycles. The third-order valence-electron chi connectivity index (χ3n) is 7.85. The summed E-state index contributed by atoms with van der Waals surface area (Å²) in [6.07, 6.45) is 10.6. The molecule has 1 nitrogen and oxygen atoms in total. The Morgan fingerprint density at radius 3 is 1.66 bits per heavy atom. The van der Waals surface area contributed by atoms with Crippen molar-refractivity contribution in [3.63, 3.8) is 0 Å². The number of fused-ring (bicyclic) bond motifs is 2. The van der Waals surface area contributed by atoms with Crippen molar-refractivity contribution >= 4 is 44.2 Å². The van der Waals surface area contributed by atoms with Crippen LogP contribution >= 0.6 is 22.7 Å². The van der Waals surface area contributed by atoms with E-state index in [4.69, 9.17) is 4.74 Å². The second-order valence-electron chi connectivity index (χ2n) is 10.9. The van der Waals surface area contributed by atoms with E-state index in [-0.39, 0.29) is 0 Å². The van der Waals surface area contributed by atoms with E-state index in [1.54, 1.807) is 0 Å². The molecule has 6 rings (SSSR count). The molecular formula is C38H38OS2. The Bertz CT molecular complexity index is 1720. The molecule has 0 aliphatic heterocycles. The van der Waals surface area contributed by atoms with Gasteiger partial charge in [-0.1, -0.05) is 106 Å². The lowest BCUT2D eigenvalue weighted by Crippen LogP contribution is -1.97. The van der Waals surface area contributed by atoms with Gasteiger partial charge >= 0.3 is 0 Å². The third kappa shape index (κ3) is 6.92. The maximum absolute atomic E-state index is 6.08. The zero-order chi connectivity index (χ0) is 27.9. The largest absolute Gasteiger partial charge is 0.494 e. The molecule has 0 bridgehead atoms. The second kappa shape index (κ2) is 13.5. The highest BCUT2D eigenvalue weighted by molar-refractivity contribution is 7.25. The molecule has 4 aromatic carbocycles. The van der Waals surface area contributed by atoms with Gasteiger partial charge in [-0.25, -0.2) is 0 Å². The Hall–Kier alpha value is -3.40. The first-order chi connectivity index (χ1) is 20.3. The van der Waals surface area contributed by atoms with Crippen LogP contribution in [0.25, 0.3) is 52.2 Å². The van der Waals surface area contributed by atoms with Gasteiger partial charge in [0.15, 0.2) is 0 Å². The van der Waals surface area contributed by atoms with E-state index in [0.717, 1.165) is 18.8 Å². The highest BCUT2D eigenvalue weighted by Gasteiger charge is 2.10. The summed E-state index contributed by atoms with van der Waals surface area (Å²) in [4.78, 5) is 5.26. The van der Waals surface area contributed by atoms with Gasteiger partial charge in [-0.3, -0.25) is 0 Å². The quantitative estimate of drug-likeness (QED) is 0.125. The number of unbranched alkanes of at least 4 members (excludes halogenated alkanes) is 7. The maximum Gasteiger partial charge on any atom is 0.119 e. The van der Waals surface area contributed by atoms with E-state index in [2.05, 4.69) is 110 Å². The number of hydrogen-bond donors (Lipinski definition) is 0. The summed E-state index contributed by atoms with van der Waals surface area (Å²) < 4.78 is 6.08. The molecule has 0 saturated heterocycles. The average Bonchev–Trinajstić information content (AvgIpc) is 3.70. The molecule has 0 N–H and O–H groups in total. The van der Waals surface area contributed by atoms with Crippen LogP contribution in [0.4, 0.5) is 0 Å². The van der Waals surface area contributed by atoms with Gasteiger partial charge in [-0.15, -0.1) is 22.7 Å². The fourth-order valence-corrected chi connectivity index (χ4v) is 7.58. The van der Waals surface area contributed by atoms with Gasteiger partial charge in [0.25, 0.3) is 0 Å². The minimum absolute atomic E-state index is 0.807. The normalized spacial score (nSPS) is 11.4. The van der Waals surface area contributed by atoms with Crippen molar-refractivity contribution in [1.29, 1.82) is 0 Å². The molecule has 41 heavy (non-hydrogen) atoms. The van der Waals surface area contributed by atoms with Crippen LogP contribution in [0.1, 0.15) is 58.3 Å². The minimum Gasteiger partial charge on any atom is -0.494 e. The summed E-state index contributed by atoms with van der Waals surface area (Å²) in [6.45, 7) is 3.08. The van der Waals surface area contributed by atoms with Crippen molar-refractivity contribution in [2.45, 2.75) is 58.3 Å². The van der Waals surface area contributed by atoms with Crippen molar-refractivity contribution in [3.05, 3.63) is 103 Å². The molecule has 0 saturated carbocycles. The van der Waals surface area contributed by atoms with E-state index < -0.39 is 0 Å². The lowest BCUT2D eigenvalue weighted by Gasteiger charge is -2.08. The van der Waals surface area contributed by atoms with Crippen LogP contribution in [-0.2, 0) is 0 Å². The molecule has 0 fully saturated rings. The summed E-state index contributed by atoms with van der Waals surface area (Å²) in [6, 6.07) is 37.7. The lowest BCUT2D eigenvalue weighted by atomic mass is 10.1. The van der Waals surface area contributed by atoms with Crippen LogP contribution in [0.15, 0.2) is 103 Å². The van der Waals surface area contributed by atoms with Crippen LogP contribution in [0.3, 0.4) is 0 Å². The van der Waals surface area contributed by atoms with E-state index in [9.17, 15) is 0 Å². The molecule has 0 aliphatic rings. The van der Waals surface area contributed by atoms with Crippen LogP contribution in [0.2, 0.25) is 0 Å². The zero-order valence-corrected chi connectivity index (χ0v) is 25.5. The van der Waals surface area contributed by atoms with Crippen molar-refractivity contribution in [2.75, 3.05) is 6.61 Å². The monoisotopic (exact) mass is 574 g/mol. The van der Waals surface area contributed by atoms with Crippen LogP contribution in [0, 0.1) is 0 Å². The van der Waals surface area contributed by atoms with E-state index >= 15 is 0 Å². The molecular weight excluding hydrogens is 537 g/mol. The second-order valence-corrected chi connectivity index (χ2v) is 13.1. The maximum atomic E-state index is 6.08. The molecule has 208 valence electrons. The summed E-state index contributed by atoms with van der Waals surface area (Å²) in [5.41, 5.74) is 2.56. The Morgan fingerprint density at radius 2 is 0.976 bits per heavy atom. The van der Waals surface area contributed by atoms with E-state index in [0.29, 0.717) is 0 Å². The molecule has 2 aromatic heterocycles. The van der Waals surface area contributed by atoms with Crippen molar-refractivity contribution in [2.24, 2.45) is 0 Å². The van der Waals surface area contributed by atoms with Gasteiger partial charge in [0.2, 0.25) is 0 Å². The number of thiophene rings is 2.